The molecule has 15 heteroatoms. The van der Waals surface area contributed by atoms with E-state index in [9.17, 15) is 23.3 Å². The van der Waals surface area contributed by atoms with Crippen molar-refractivity contribution in [3.05, 3.63) is 147 Å². The van der Waals surface area contributed by atoms with Crippen molar-refractivity contribution in [1.29, 1.82) is 5.26 Å². The summed E-state index contributed by atoms with van der Waals surface area (Å²) in [4.78, 5) is 37.6. The molecule has 4 aromatic carbocycles. The highest BCUT2D eigenvalue weighted by Crippen LogP contribution is 2.40. The number of rotatable bonds is 9. The van der Waals surface area contributed by atoms with Crippen LogP contribution in [0.3, 0.4) is 0 Å². The SMILES string of the molecule is COC(=O)C[C@@H]1N=C(c2ccc(-c3ccc(C(=O)N4CCC(c5ccc(S(=O)(=O)Nc6ccc(C)c7c(C#N)c[nH]c67)cc5)CC4)cc3)cc2)c2c(sc(C)c2C)-n2c(C)nnc21. The molecule has 1 amide bonds. The van der Waals surface area contributed by atoms with Crippen molar-refractivity contribution in [3.63, 3.8) is 0 Å². The van der Waals surface area contributed by atoms with Gasteiger partial charge in [-0.05, 0) is 105 Å². The number of ether oxygens (including phenoxy) is 1. The van der Waals surface area contributed by atoms with Gasteiger partial charge < -0.3 is 14.6 Å². The van der Waals surface area contributed by atoms with E-state index in [2.05, 4.69) is 39.8 Å². The van der Waals surface area contributed by atoms with E-state index in [-0.39, 0.29) is 29.1 Å². The molecule has 0 bridgehead atoms. The fraction of sp³-hybridized carbons (Fsp3) is 0.250. The fourth-order valence-corrected chi connectivity index (χ4v) is 11.0. The first-order valence-electron chi connectivity index (χ1n) is 20.7. The summed E-state index contributed by atoms with van der Waals surface area (Å²) in [5.74, 6) is 1.13. The van der Waals surface area contributed by atoms with Crippen LogP contribution in [0.25, 0.3) is 27.0 Å². The number of hydrogen-bond donors (Lipinski definition) is 2. The minimum atomic E-state index is -3.89. The summed E-state index contributed by atoms with van der Waals surface area (Å²) < 4.78 is 36.5. The van der Waals surface area contributed by atoms with Gasteiger partial charge in [-0.1, -0.05) is 54.6 Å². The lowest BCUT2D eigenvalue weighted by atomic mass is 9.89. The van der Waals surface area contributed by atoms with Crippen LogP contribution in [0.1, 0.15) is 91.5 Å². The summed E-state index contributed by atoms with van der Waals surface area (Å²) >= 11 is 1.66. The summed E-state index contributed by atoms with van der Waals surface area (Å²) in [6.45, 7) is 9.15. The van der Waals surface area contributed by atoms with E-state index in [0.29, 0.717) is 46.6 Å². The molecule has 0 unspecified atom stereocenters. The zero-order valence-corrected chi connectivity index (χ0v) is 37.0. The van der Waals surface area contributed by atoms with Crippen LogP contribution in [0.2, 0.25) is 0 Å². The molecule has 1 saturated heterocycles. The number of nitrogens with zero attached hydrogens (tertiary/aromatic N) is 6. The van der Waals surface area contributed by atoms with Crippen molar-refractivity contribution in [2.24, 2.45) is 4.99 Å². The third kappa shape index (κ3) is 7.59. The van der Waals surface area contributed by atoms with Gasteiger partial charge in [-0.15, -0.1) is 21.5 Å². The zero-order valence-electron chi connectivity index (χ0n) is 35.4. The van der Waals surface area contributed by atoms with Crippen LogP contribution in [0.15, 0.2) is 101 Å². The smallest absolute Gasteiger partial charge is 0.308 e. The second-order valence-electron chi connectivity index (χ2n) is 16.1. The van der Waals surface area contributed by atoms with Crippen molar-refractivity contribution in [1.82, 2.24) is 24.6 Å². The van der Waals surface area contributed by atoms with Crippen molar-refractivity contribution < 1.29 is 22.7 Å². The molecular weight excluding hydrogens is 833 g/mol. The minimum absolute atomic E-state index is 0.0208. The third-order valence-corrected chi connectivity index (χ3v) is 14.9. The molecule has 63 heavy (non-hydrogen) atoms. The summed E-state index contributed by atoms with van der Waals surface area (Å²) in [6.07, 6.45) is 3.14. The Kier molecular flexibility index (Phi) is 10.8. The van der Waals surface area contributed by atoms with E-state index < -0.39 is 16.1 Å². The fourth-order valence-electron chi connectivity index (χ4n) is 8.71. The second kappa shape index (κ2) is 16.4. The number of anilines is 1. The molecule has 0 aliphatic carbocycles. The van der Waals surface area contributed by atoms with Gasteiger partial charge in [-0.3, -0.25) is 23.9 Å². The molecule has 9 rings (SSSR count). The number of nitriles is 1. The number of sulfonamides is 1. The number of H-pyrrole nitrogens is 1. The van der Waals surface area contributed by atoms with Gasteiger partial charge >= 0.3 is 5.97 Å². The Hall–Kier alpha value is -6.89. The lowest BCUT2D eigenvalue weighted by molar-refractivity contribution is -0.141. The van der Waals surface area contributed by atoms with Crippen molar-refractivity contribution >= 4 is 55.5 Å². The number of carbonyl (C=O) groups excluding carboxylic acids is 2. The standard InChI is InChI=1S/C48H44N8O5S2/c1-27-6-19-39(45-42(27)37(25-49)26-50-45)54-63(59,60)38-17-15-33(16-18-38)34-20-22-55(23-21-34)47(58)36-13-9-32(10-14-36)31-7-11-35(12-8-31)44-43-28(2)29(3)62-48(43)56-30(4)52-53-46(56)40(51-44)24-41(57)61-5/h6-19,26,34,40,50,54H,20-24H2,1-5H3/t40-/m0/s1. The number of benzene rings is 4. The van der Waals surface area contributed by atoms with E-state index in [4.69, 9.17) is 9.73 Å². The number of hydrogen-bond acceptors (Lipinski definition) is 10. The summed E-state index contributed by atoms with van der Waals surface area (Å²) in [5.41, 5.74) is 9.70. The van der Waals surface area contributed by atoms with E-state index in [1.807, 2.05) is 84.0 Å². The van der Waals surface area contributed by atoms with Crippen LogP contribution in [-0.2, 0) is 19.6 Å². The monoisotopic (exact) mass is 876 g/mol. The van der Waals surface area contributed by atoms with Crippen molar-refractivity contribution in [3.8, 4) is 22.2 Å². The van der Waals surface area contributed by atoms with E-state index in [1.165, 1.54) is 12.0 Å². The first-order chi connectivity index (χ1) is 30.3. The van der Waals surface area contributed by atoms with Gasteiger partial charge in [0.15, 0.2) is 5.82 Å². The number of aryl methyl sites for hydroxylation is 3. The number of esters is 1. The number of likely N-dealkylation sites (tertiary alicyclic amines) is 1. The Morgan fingerprint density at radius 1 is 0.905 bits per heavy atom. The van der Waals surface area contributed by atoms with Gasteiger partial charge in [0.25, 0.3) is 15.9 Å². The lowest BCUT2D eigenvalue weighted by Gasteiger charge is -2.32. The maximum Gasteiger partial charge on any atom is 0.308 e. The van der Waals surface area contributed by atoms with Crippen LogP contribution in [-0.4, -0.2) is 70.9 Å². The molecule has 3 aromatic heterocycles. The zero-order chi connectivity index (χ0) is 44.2. The molecule has 2 aliphatic heterocycles. The van der Waals surface area contributed by atoms with Crippen LogP contribution < -0.4 is 4.72 Å². The number of nitrogens with one attached hydrogen (secondary N) is 2. The van der Waals surface area contributed by atoms with Crippen molar-refractivity contribution in [2.45, 2.75) is 63.8 Å². The van der Waals surface area contributed by atoms with Gasteiger partial charge in [0.05, 0.1) is 40.9 Å². The van der Waals surface area contributed by atoms with Gasteiger partial charge in [0.2, 0.25) is 0 Å². The number of aromatic nitrogens is 4. The summed E-state index contributed by atoms with van der Waals surface area (Å²) in [7, 11) is -2.52. The largest absolute Gasteiger partial charge is 0.469 e. The van der Waals surface area contributed by atoms with Crippen LogP contribution in [0.5, 0.6) is 0 Å². The first kappa shape index (κ1) is 41.5. The number of thiophene rings is 1. The minimum Gasteiger partial charge on any atom is -0.469 e. The molecule has 1 atom stereocenters. The van der Waals surface area contributed by atoms with Gasteiger partial charge in [0, 0.05) is 46.2 Å². The lowest BCUT2D eigenvalue weighted by Crippen LogP contribution is -2.37. The number of aromatic amines is 1. The number of piperidine rings is 1. The highest BCUT2D eigenvalue weighted by molar-refractivity contribution is 7.92. The van der Waals surface area contributed by atoms with Crippen molar-refractivity contribution in [2.75, 3.05) is 24.9 Å². The second-order valence-corrected chi connectivity index (χ2v) is 19.0. The molecule has 1 fully saturated rings. The molecule has 2 N–H and O–H groups in total. The molecule has 2 aliphatic rings. The number of aliphatic imine (C=N–C) groups is 1. The topological polar surface area (TPSA) is 175 Å². The van der Waals surface area contributed by atoms with Gasteiger partial charge in [-0.2, -0.15) is 5.26 Å². The molecule has 0 spiro atoms. The number of carbonyl (C=O) groups is 2. The van der Waals surface area contributed by atoms with Crippen LogP contribution in [0, 0.1) is 39.0 Å². The molecule has 318 valence electrons. The average molecular weight is 877 g/mol. The maximum absolute atomic E-state index is 13.7. The Morgan fingerprint density at radius 2 is 1.57 bits per heavy atom. The Bertz CT molecular complexity index is 3110. The Balaban J connectivity index is 0.854. The quantitative estimate of drug-likeness (QED) is 0.135. The number of fused-ring (bicyclic) bond motifs is 4. The van der Waals surface area contributed by atoms with E-state index in [1.54, 1.807) is 41.8 Å². The molecule has 5 heterocycles. The normalized spacial score (nSPS) is 15.3. The van der Waals surface area contributed by atoms with Gasteiger partial charge in [0.1, 0.15) is 22.9 Å². The molecule has 13 nitrogen and oxygen atoms in total. The molecule has 0 saturated carbocycles. The van der Waals surface area contributed by atoms with E-state index in [0.717, 1.165) is 68.3 Å². The average Bonchev–Trinajstić information content (AvgIpc) is 3.98. The molecule has 7 aromatic rings. The number of methoxy groups -OCH3 is 1. The van der Waals surface area contributed by atoms with E-state index >= 15 is 0 Å². The highest BCUT2D eigenvalue weighted by Gasteiger charge is 2.33. The summed E-state index contributed by atoms with van der Waals surface area (Å²) in [6, 6.07) is 27.9. The van der Waals surface area contributed by atoms with Crippen LogP contribution >= 0.6 is 11.3 Å². The predicted molar refractivity (Wildman–Crippen MR) is 243 cm³/mol. The molecular formula is C48H44N8O5S2. The predicted octanol–water partition coefficient (Wildman–Crippen LogP) is 8.86. The third-order valence-electron chi connectivity index (χ3n) is 12.3. The van der Waals surface area contributed by atoms with Crippen LogP contribution in [0.4, 0.5) is 5.69 Å². The Morgan fingerprint density at radius 3 is 2.24 bits per heavy atom. The highest BCUT2D eigenvalue weighted by atomic mass is 32.2. The summed E-state index contributed by atoms with van der Waals surface area (Å²) in [5, 5.41) is 20.0. The molecule has 0 radical (unpaired) electrons. The first-order valence-corrected chi connectivity index (χ1v) is 23.0. The number of amides is 1. The Labute approximate surface area is 369 Å². The van der Waals surface area contributed by atoms with Gasteiger partial charge in [-0.25, -0.2) is 8.42 Å². The maximum atomic E-state index is 13.7.